The molecular formula is C28H54O7. The van der Waals surface area contributed by atoms with Gasteiger partial charge in [0.05, 0.1) is 37.9 Å². The van der Waals surface area contributed by atoms with E-state index in [1.54, 1.807) is 0 Å². The van der Waals surface area contributed by atoms with Gasteiger partial charge in [-0.1, -0.05) is 45.4 Å². The molecule has 0 aromatic heterocycles. The minimum Gasteiger partial charge on any atom is -0.379 e. The van der Waals surface area contributed by atoms with Gasteiger partial charge in [0.1, 0.15) is 12.2 Å². The van der Waals surface area contributed by atoms with Gasteiger partial charge in [-0.2, -0.15) is 0 Å². The van der Waals surface area contributed by atoms with Gasteiger partial charge in [0.25, 0.3) is 5.97 Å². The highest BCUT2D eigenvalue weighted by Gasteiger charge is 2.55. The Bertz CT molecular complexity index is 506. The van der Waals surface area contributed by atoms with Crippen LogP contribution in [0.25, 0.3) is 0 Å². The monoisotopic (exact) mass is 502 g/mol. The summed E-state index contributed by atoms with van der Waals surface area (Å²) >= 11 is 0. The van der Waals surface area contributed by atoms with Crippen molar-refractivity contribution in [1.29, 1.82) is 0 Å². The van der Waals surface area contributed by atoms with E-state index < -0.39 is 5.97 Å². The zero-order valence-corrected chi connectivity index (χ0v) is 23.3. The van der Waals surface area contributed by atoms with Crippen LogP contribution in [0, 0.1) is 5.41 Å². The van der Waals surface area contributed by atoms with Gasteiger partial charge in [0.2, 0.25) is 0 Å². The number of ether oxygens (including phenoxy) is 7. The van der Waals surface area contributed by atoms with Crippen LogP contribution in [0.2, 0.25) is 0 Å². The lowest BCUT2D eigenvalue weighted by Gasteiger charge is -2.50. The van der Waals surface area contributed by atoms with E-state index in [0.717, 1.165) is 45.3 Å². The standard InChI is InChI=1S/C28H54O7/c1-6-10-11-12-13-14-16-27(17-15-18-29-20-25-22-31-25,19-24(5)30-21-26-23-32-26)28(33-7-2,34-8-3)35-9-4/h24-26H,6-23H2,1-5H3. The number of unbranched alkanes of at least 4 members (excludes halogenated alkanes) is 5. The normalized spacial score (nSPS) is 22.2. The van der Waals surface area contributed by atoms with E-state index in [1.165, 1.54) is 32.1 Å². The van der Waals surface area contributed by atoms with Crippen molar-refractivity contribution in [2.75, 3.05) is 52.9 Å². The molecule has 0 amide bonds. The van der Waals surface area contributed by atoms with Crippen molar-refractivity contribution in [2.45, 2.75) is 123 Å². The SMILES string of the molecule is CCCCCCCCC(CCCOCC1CO1)(CC(C)OCC1CO1)C(OCC)(OCC)OCC. The van der Waals surface area contributed by atoms with Crippen molar-refractivity contribution < 1.29 is 33.2 Å². The Morgan fingerprint density at radius 1 is 0.743 bits per heavy atom. The van der Waals surface area contributed by atoms with E-state index >= 15 is 0 Å². The maximum atomic E-state index is 6.43. The molecular weight excluding hydrogens is 448 g/mol. The Morgan fingerprint density at radius 3 is 1.86 bits per heavy atom. The quantitative estimate of drug-likeness (QED) is 0.0877. The van der Waals surface area contributed by atoms with Crippen LogP contribution in [-0.2, 0) is 33.2 Å². The fraction of sp³-hybridized carbons (Fsp3) is 1.00. The molecule has 0 spiro atoms. The van der Waals surface area contributed by atoms with Gasteiger partial charge >= 0.3 is 0 Å². The Morgan fingerprint density at radius 2 is 1.29 bits per heavy atom. The van der Waals surface area contributed by atoms with E-state index in [1.807, 2.05) is 20.8 Å². The van der Waals surface area contributed by atoms with E-state index in [-0.39, 0.29) is 23.7 Å². The van der Waals surface area contributed by atoms with Crippen LogP contribution in [0.4, 0.5) is 0 Å². The first-order chi connectivity index (χ1) is 17.0. The fourth-order valence-electron chi connectivity index (χ4n) is 5.10. The second kappa shape index (κ2) is 17.3. The topological polar surface area (TPSA) is 71.2 Å². The van der Waals surface area contributed by atoms with Gasteiger partial charge in [-0.15, -0.1) is 0 Å². The fourth-order valence-corrected chi connectivity index (χ4v) is 5.10. The summed E-state index contributed by atoms with van der Waals surface area (Å²) in [4.78, 5) is 0. The number of epoxide rings is 2. The van der Waals surface area contributed by atoms with Crippen molar-refractivity contribution in [3.8, 4) is 0 Å². The van der Waals surface area contributed by atoms with Crippen LogP contribution < -0.4 is 0 Å². The maximum Gasteiger partial charge on any atom is 0.288 e. The molecule has 2 aliphatic rings. The van der Waals surface area contributed by atoms with Gasteiger partial charge in [-0.05, 0) is 53.4 Å². The Balaban J connectivity index is 2.18. The van der Waals surface area contributed by atoms with E-state index in [0.29, 0.717) is 39.6 Å². The summed E-state index contributed by atoms with van der Waals surface area (Å²) in [6, 6.07) is 0. The molecule has 4 unspecified atom stereocenters. The lowest BCUT2D eigenvalue weighted by molar-refractivity contribution is -0.433. The summed E-state index contributed by atoms with van der Waals surface area (Å²) in [5.41, 5.74) is -0.344. The molecule has 2 aliphatic heterocycles. The van der Waals surface area contributed by atoms with Crippen LogP contribution in [-0.4, -0.2) is 77.1 Å². The molecule has 0 bridgehead atoms. The van der Waals surface area contributed by atoms with Crippen LogP contribution in [0.1, 0.15) is 98.8 Å². The lowest BCUT2D eigenvalue weighted by Crippen LogP contribution is -2.56. The molecule has 0 saturated carbocycles. The molecule has 2 fully saturated rings. The van der Waals surface area contributed by atoms with Crippen molar-refractivity contribution in [3.63, 3.8) is 0 Å². The van der Waals surface area contributed by atoms with Gasteiger partial charge in [0.15, 0.2) is 0 Å². The second-order valence-corrected chi connectivity index (χ2v) is 10.1. The van der Waals surface area contributed by atoms with E-state index in [4.69, 9.17) is 33.2 Å². The molecule has 2 rings (SSSR count). The predicted octanol–water partition coefficient (Wildman–Crippen LogP) is 5.88. The average Bonchev–Trinajstić information content (AvgIpc) is 3.75. The number of rotatable bonds is 25. The molecule has 2 saturated heterocycles. The third kappa shape index (κ3) is 11.3. The number of hydrogen-bond acceptors (Lipinski definition) is 7. The summed E-state index contributed by atoms with van der Waals surface area (Å²) in [7, 11) is 0. The molecule has 7 nitrogen and oxygen atoms in total. The molecule has 0 radical (unpaired) electrons. The molecule has 2 heterocycles. The summed E-state index contributed by atoms with van der Waals surface area (Å²) in [6.07, 6.45) is 11.6. The second-order valence-electron chi connectivity index (χ2n) is 10.1. The minimum atomic E-state index is -1.10. The van der Waals surface area contributed by atoms with Crippen LogP contribution in [0.5, 0.6) is 0 Å². The zero-order valence-electron chi connectivity index (χ0n) is 23.3. The molecule has 0 aliphatic carbocycles. The lowest BCUT2D eigenvalue weighted by atomic mass is 9.71. The minimum absolute atomic E-state index is 0.0424. The smallest absolute Gasteiger partial charge is 0.288 e. The van der Waals surface area contributed by atoms with Crippen molar-refractivity contribution in [1.82, 2.24) is 0 Å². The van der Waals surface area contributed by atoms with Crippen molar-refractivity contribution in [3.05, 3.63) is 0 Å². The summed E-state index contributed by atoms with van der Waals surface area (Å²) in [5, 5.41) is 0. The first-order valence-electron chi connectivity index (χ1n) is 14.4. The van der Waals surface area contributed by atoms with Crippen LogP contribution in [0.3, 0.4) is 0 Å². The molecule has 7 heteroatoms. The Labute approximate surface area is 214 Å². The first-order valence-corrected chi connectivity index (χ1v) is 14.4. The molecule has 0 N–H and O–H groups in total. The van der Waals surface area contributed by atoms with Gasteiger partial charge < -0.3 is 33.2 Å². The van der Waals surface area contributed by atoms with Crippen LogP contribution >= 0.6 is 0 Å². The highest BCUT2D eigenvalue weighted by Crippen LogP contribution is 2.49. The van der Waals surface area contributed by atoms with E-state index in [2.05, 4.69) is 13.8 Å². The highest BCUT2D eigenvalue weighted by molar-refractivity contribution is 4.91. The summed E-state index contributed by atoms with van der Waals surface area (Å²) < 4.78 is 42.1. The Kier molecular flexibility index (Phi) is 15.3. The van der Waals surface area contributed by atoms with Crippen molar-refractivity contribution >= 4 is 0 Å². The third-order valence-corrected chi connectivity index (χ3v) is 6.96. The maximum absolute atomic E-state index is 6.43. The van der Waals surface area contributed by atoms with Crippen LogP contribution in [0.15, 0.2) is 0 Å². The molecule has 208 valence electrons. The average molecular weight is 503 g/mol. The Hall–Kier alpha value is -0.280. The molecule has 0 aromatic rings. The molecule has 0 aromatic carbocycles. The molecule has 4 atom stereocenters. The number of hydrogen-bond donors (Lipinski definition) is 0. The van der Waals surface area contributed by atoms with E-state index in [9.17, 15) is 0 Å². The van der Waals surface area contributed by atoms with Gasteiger partial charge in [-0.3, -0.25) is 0 Å². The van der Waals surface area contributed by atoms with Gasteiger partial charge in [-0.25, -0.2) is 0 Å². The molecule has 35 heavy (non-hydrogen) atoms. The van der Waals surface area contributed by atoms with Crippen molar-refractivity contribution in [2.24, 2.45) is 5.41 Å². The summed E-state index contributed by atoms with van der Waals surface area (Å²) in [6.45, 7) is 15.7. The highest BCUT2D eigenvalue weighted by atomic mass is 16.9. The van der Waals surface area contributed by atoms with Gasteiger partial charge in [0, 0.05) is 26.4 Å². The largest absolute Gasteiger partial charge is 0.379 e. The first kappa shape index (κ1) is 30.9. The predicted molar refractivity (Wildman–Crippen MR) is 138 cm³/mol. The zero-order chi connectivity index (χ0) is 25.4. The third-order valence-electron chi connectivity index (χ3n) is 6.96. The summed E-state index contributed by atoms with van der Waals surface area (Å²) in [5.74, 6) is -1.10.